The fourth-order valence-corrected chi connectivity index (χ4v) is 2.11. The van der Waals surface area contributed by atoms with E-state index in [1.807, 2.05) is 6.07 Å². The third-order valence-electron chi connectivity index (χ3n) is 3.02. The van der Waals surface area contributed by atoms with E-state index in [0.29, 0.717) is 12.1 Å². The molecular weight excluding hydrogens is 205 g/mol. The van der Waals surface area contributed by atoms with Gasteiger partial charge in [-0.1, -0.05) is 13.0 Å². The largest absolute Gasteiger partial charge is 0.382 e. The van der Waals surface area contributed by atoms with E-state index in [-0.39, 0.29) is 5.82 Å². The van der Waals surface area contributed by atoms with Gasteiger partial charge in [0.25, 0.3) is 0 Å². The van der Waals surface area contributed by atoms with Crippen LogP contribution in [0.1, 0.15) is 26.2 Å². The van der Waals surface area contributed by atoms with Gasteiger partial charge in [0.1, 0.15) is 5.82 Å². The Morgan fingerprint density at radius 1 is 1.50 bits per heavy atom. The minimum atomic E-state index is -0.191. The van der Waals surface area contributed by atoms with Gasteiger partial charge in [-0.05, 0) is 37.5 Å². The first kappa shape index (κ1) is 11.4. The molecule has 88 valence electrons. The van der Waals surface area contributed by atoms with Crippen LogP contribution in [-0.2, 0) is 4.74 Å². The number of halogens is 1. The standard InChI is InChI=1S/C13H18FNO/c1-2-13-9-12(6-7-16-13)15-11-5-3-4-10(14)8-11/h3-5,8,12-13,15H,2,6-7,9H2,1H3. The lowest BCUT2D eigenvalue weighted by atomic mass is 10.0. The van der Waals surface area contributed by atoms with Crippen LogP contribution in [0.15, 0.2) is 24.3 Å². The predicted molar refractivity (Wildman–Crippen MR) is 63.1 cm³/mol. The molecule has 1 N–H and O–H groups in total. The SMILES string of the molecule is CCC1CC(Nc2cccc(F)c2)CCO1. The summed E-state index contributed by atoms with van der Waals surface area (Å²) in [6.45, 7) is 2.93. The van der Waals surface area contributed by atoms with E-state index in [4.69, 9.17) is 4.74 Å². The average Bonchev–Trinajstić information content (AvgIpc) is 2.29. The van der Waals surface area contributed by atoms with Gasteiger partial charge in [-0.15, -0.1) is 0 Å². The van der Waals surface area contributed by atoms with Gasteiger partial charge in [-0.2, -0.15) is 0 Å². The van der Waals surface area contributed by atoms with Crippen molar-refractivity contribution in [3.63, 3.8) is 0 Å². The van der Waals surface area contributed by atoms with Crippen molar-refractivity contribution in [1.29, 1.82) is 0 Å². The first-order valence-corrected chi connectivity index (χ1v) is 5.91. The molecule has 0 amide bonds. The summed E-state index contributed by atoms with van der Waals surface area (Å²) in [5, 5.41) is 3.37. The summed E-state index contributed by atoms with van der Waals surface area (Å²) in [6.07, 6.45) is 3.39. The highest BCUT2D eigenvalue weighted by molar-refractivity contribution is 5.44. The summed E-state index contributed by atoms with van der Waals surface area (Å²) < 4.78 is 18.6. The van der Waals surface area contributed by atoms with Crippen LogP contribution in [0.25, 0.3) is 0 Å². The second kappa shape index (κ2) is 5.30. The average molecular weight is 223 g/mol. The van der Waals surface area contributed by atoms with Gasteiger partial charge in [-0.3, -0.25) is 0 Å². The van der Waals surface area contributed by atoms with E-state index in [9.17, 15) is 4.39 Å². The molecule has 0 aromatic heterocycles. The van der Waals surface area contributed by atoms with Crippen molar-refractivity contribution in [1.82, 2.24) is 0 Å². The molecule has 3 heteroatoms. The minimum absolute atomic E-state index is 0.191. The molecule has 16 heavy (non-hydrogen) atoms. The lowest BCUT2D eigenvalue weighted by Crippen LogP contribution is -2.33. The van der Waals surface area contributed by atoms with Crippen LogP contribution < -0.4 is 5.32 Å². The fraction of sp³-hybridized carbons (Fsp3) is 0.538. The molecule has 1 fully saturated rings. The zero-order valence-corrected chi connectivity index (χ0v) is 9.58. The fourth-order valence-electron chi connectivity index (χ4n) is 2.11. The molecule has 0 aliphatic carbocycles. The second-order valence-corrected chi connectivity index (χ2v) is 4.28. The van der Waals surface area contributed by atoms with Crippen LogP contribution in [0.4, 0.5) is 10.1 Å². The number of nitrogens with one attached hydrogen (secondary N) is 1. The van der Waals surface area contributed by atoms with Crippen molar-refractivity contribution in [3.05, 3.63) is 30.1 Å². The van der Waals surface area contributed by atoms with Gasteiger partial charge >= 0.3 is 0 Å². The van der Waals surface area contributed by atoms with Gasteiger partial charge in [0.05, 0.1) is 6.10 Å². The van der Waals surface area contributed by atoms with Crippen LogP contribution in [0.3, 0.4) is 0 Å². The van der Waals surface area contributed by atoms with Crippen molar-refractivity contribution < 1.29 is 9.13 Å². The zero-order valence-electron chi connectivity index (χ0n) is 9.58. The Balaban J connectivity index is 1.94. The van der Waals surface area contributed by atoms with Gasteiger partial charge in [0.15, 0.2) is 0 Å². The zero-order chi connectivity index (χ0) is 11.4. The third kappa shape index (κ3) is 2.95. The topological polar surface area (TPSA) is 21.3 Å². The highest BCUT2D eigenvalue weighted by atomic mass is 19.1. The molecule has 2 nitrogen and oxygen atoms in total. The van der Waals surface area contributed by atoms with E-state index >= 15 is 0 Å². The first-order valence-electron chi connectivity index (χ1n) is 5.91. The van der Waals surface area contributed by atoms with Crippen LogP contribution in [0.5, 0.6) is 0 Å². The number of anilines is 1. The summed E-state index contributed by atoms with van der Waals surface area (Å²) in [4.78, 5) is 0. The molecule has 1 aliphatic heterocycles. The van der Waals surface area contributed by atoms with Crippen LogP contribution in [0, 0.1) is 5.82 Å². The van der Waals surface area contributed by atoms with E-state index < -0.39 is 0 Å². The lowest BCUT2D eigenvalue weighted by molar-refractivity contribution is 0.00925. The van der Waals surface area contributed by atoms with Crippen LogP contribution in [0.2, 0.25) is 0 Å². The molecule has 0 spiro atoms. The number of rotatable bonds is 3. The molecule has 1 aromatic rings. The van der Waals surface area contributed by atoms with Gasteiger partial charge in [-0.25, -0.2) is 4.39 Å². The highest BCUT2D eigenvalue weighted by Crippen LogP contribution is 2.20. The number of hydrogen-bond donors (Lipinski definition) is 1. The Kier molecular flexibility index (Phi) is 3.78. The lowest BCUT2D eigenvalue weighted by Gasteiger charge is -2.30. The smallest absolute Gasteiger partial charge is 0.125 e. The van der Waals surface area contributed by atoms with E-state index in [2.05, 4.69) is 12.2 Å². The van der Waals surface area contributed by atoms with Crippen LogP contribution >= 0.6 is 0 Å². The molecule has 0 radical (unpaired) electrons. The molecule has 0 bridgehead atoms. The number of hydrogen-bond acceptors (Lipinski definition) is 2. The Morgan fingerprint density at radius 2 is 2.38 bits per heavy atom. The summed E-state index contributed by atoms with van der Waals surface area (Å²) in [5.74, 6) is -0.191. The Morgan fingerprint density at radius 3 is 3.12 bits per heavy atom. The van der Waals surface area contributed by atoms with Crippen LogP contribution in [-0.4, -0.2) is 18.8 Å². The monoisotopic (exact) mass is 223 g/mol. The Labute approximate surface area is 95.8 Å². The van der Waals surface area contributed by atoms with Gasteiger partial charge in [0, 0.05) is 18.3 Å². The third-order valence-corrected chi connectivity index (χ3v) is 3.02. The van der Waals surface area contributed by atoms with E-state index in [0.717, 1.165) is 31.6 Å². The molecule has 1 aromatic carbocycles. The van der Waals surface area contributed by atoms with Gasteiger partial charge in [0.2, 0.25) is 0 Å². The molecule has 2 rings (SSSR count). The maximum atomic E-state index is 13.0. The molecule has 1 heterocycles. The summed E-state index contributed by atoms with van der Waals surface area (Å²) in [6, 6.07) is 7.04. The summed E-state index contributed by atoms with van der Waals surface area (Å²) in [5.41, 5.74) is 0.863. The Hall–Kier alpha value is -1.09. The van der Waals surface area contributed by atoms with E-state index in [1.54, 1.807) is 6.07 Å². The molecule has 0 saturated carbocycles. The number of ether oxygens (including phenoxy) is 1. The molecule has 2 unspecified atom stereocenters. The first-order chi connectivity index (χ1) is 7.78. The predicted octanol–water partition coefficient (Wildman–Crippen LogP) is 3.20. The second-order valence-electron chi connectivity index (χ2n) is 4.28. The summed E-state index contributed by atoms with van der Waals surface area (Å²) in [7, 11) is 0. The maximum Gasteiger partial charge on any atom is 0.125 e. The van der Waals surface area contributed by atoms with Crippen molar-refractivity contribution in [2.24, 2.45) is 0 Å². The quantitative estimate of drug-likeness (QED) is 0.849. The number of benzene rings is 1. The highest BCUT2D eigenvalue weighted by Gasteiger charge is 2.20. The van der Waals surface area contributed by atoms with Crippen molar-refractivity contribution in [3.8, 4) is 0 Å². The van der Waals surface area contributed by atoms with Crippen molar-refractivity contribution in [2.45, 2.75) is 38.3 Å². The van der Waals surface area contributed by atoms with Crippen molar-refractivity contribution in [2.75, 3.05) is 11.9 Å². The molecule has 2 atom stereocenters. The maximum absolute atomic E-state index is 13.0. The molecular formula is C13H18FNO. The molecule has 1 aliphatic rings. The summed E-state index contributed by atoms with van der Waals surface area (Å²) >= 11 is 0. The minimum Gasteiger partial charge on any atom is -0.382 e. The van der Waals surface area contributed by atoms with Crippen molar-refractivity contribution >= 4 is 5.69 Å². The normalized spacial score (nSPS) is 25.4. The van der Waals surface area contributed by atoms with Gasteiger partial charge < -0.3 is 10.1 Å². The Bertz CT molecular complexity index is 342. The van der Waals surface area contributed by atoms with E-state index in [1.165, 1.54) is 12.1 Å². The molecule has 1 saturated heterocycles.